The van der Waals surface area contributed by atoms with Gasteiger partial charge in [-0.3, -0.25) is 4.79 Å². The number of carbonyl (C=O) groups excluding carboxylic acids is 1. The van der Waals surface area contributed by atoms with E-state index in [1.54, 1.807) is 0 Å². The fourth-order valence-electron chi connectivity index (χ4n) is 2.93. The highest BCUT2D eigenvalue weighted by Crippen LogP contribution is 2.20. The average molecular weight is 395 g/mol. The standard InChI is InChI=1S/C22H26N4OS/c1-3-14-26-20(15-18-8-6-5-7-9-18)24-25-22(26)28-16-21(27)23-19-12-10-17(4-2)11-13-19/h5-13H,3-4,14-16H2,1-2H3,(H,23,27). The second kappa shape index (κ2) is 10.1. The van der Waals surface area contributed by atoms with E-state index in [0.29, 0.717) is 5.75 Å². The summed E-state index contributed by atoms with van der Waals surface area (Å²) in [7, 11) is 0. The molecule has 2 aromatic carbocycles. The predicted molar refractivity (Wildman–Crippen MR) is 115 cm³/mol. The maximum atomic E-state index is 12.3. The molecule has 3 rings (SSSR count). The number of nitrogens with one attached hydrogen (secondary N) is 1. The van der Waals surface area contributed by atoms with Gasteiger partial charge in [0.2, 0.25) is 5.91 Å². The van der Waals surface area contributed by atoms with Gasteiger partial charge in [-0.1, -0.05) is 68.1 Å². The molecular formula is C22H26N4OS. The van der Waals surface area contributed by atoms with Gasteiger partial charge >= 0.3 is 0 Å². The highest BCUT2D eigenvalue weighted by Gasteiger charge is 2.14. The molecular weight excluding hydrogens is 368 g/mol. The Kier molecular flexibility index (Phi) is 7.25. The Hall–Kier alpha value is -2.60. The second-order valence-electron chi connectivity index (χ2n) is 6.60. The van der Waals surface area contributed by atoms with Crippen molar-refractivity contribution in [2.45, 2.75) is 44.8 Å². The summed E-state index contributed by atoms with van der Waals surface area (Å²) in [5.74, 6) is 1.21. The number of thioether (sulfide) groups is 1. The fourth-order valence-corrected chi connectivity index (χ4v) is 3.72. The van der Waals surface area contributed by atoms with Gasteiger partial charge in [-0.15, -0.1) is 10.2 Å². The van der Waals surface area contributed by atoms with Crippen molar-refractivity contribution >= 4 is 23.4 Å². The van der Waals surface area contributed by atoms with Crippen molar-refractivity contribution in [3.8, 4) is 0 Å². The highest BCUT2D eigenvalue weighted by atomic mass is 32.2. The Labute approximate surface area is 170 Å². The SMILES string of the molecule is CCCn1c(Cc2ccccc2)nnc1SCC(=O)Nc1ccc(CC)cc1. The van der Waals surface area contributed by atoms with Crippen molar-refractivity contribution in [2.75, 3.05) is 11.1 Å². The summed E-state index contributed by atoms with van der Waals surface area (Å²) in [4.78, 5) is 12.3. The third-order valence-electron chi connectivity index (χ3n) is 4.42. The number of carbonyl (C=O) groups is 1. The molecule has 0 unspecified atom stereocenters. The lowest BCUT2D eigenvalue weighted by Gasteiger charge is -2.09. The lowest BCUT2D eigenvalue weighted by molar-refractivity contribution is -0.113. The first-order chi connectivity index (χ1) is 13.7. The summed E-state index contributed by atoms with van der Waals surface area (Å²) in [5.41, 5.74) is 3.28. The molecule has 0 bridgehead atoms. The van der Waals surface area contributed by atoms with E-state index in [4.69, 9.17) is 0 Å². The average Bonchev–Trinajstić information content (AvgIpc) is 3.09. The molecule has 1 amide bonds. The Morgan fingerprint density at radius 2 is 1.75 bits per heavy atom. The van der Waals surface area contributed by atoms with Crippen LogP contribution < -0.4 is 5.32 Å². The second-order valence-corrected chi connectivity index (χ2v) is 7.54. The van der Waals surface area contributed by atoms with Crippen LogP contribution in [0.5, 0.6) is 0 Å². The van der Waals surface area contributed by atoms with Gasteiger partial charge in [0.05, 0.1) is 5.75 Å². The van der Waals surface area contributed by atoms with E-state index in [2.05, 4.69) is 46.1 Å². The number of aryl methyl sites for hydroxylation is 1. The Balaban J connectivity index is 1.62. The van der Waals surface area contributed by atoms with Crippen LogP contribution in [0.3, 0.4) is 0 Å². The molecule has 0 saturated carbocycles. The minimum atomic E-state index is -0.0371. The fraction of sp³-hybridized carbons (Fsp3) is 0.318. The topological polar surface area (TPSA) is 59.8 Å². The van der Waals surface area contributed by atoms with Crippen molar-refractivity contribution in [1.82, 2.24) is 14.8 Å². The van der Waals surface area contributed by atoms with Crippen molar-refractivity contribution in [2.24, 2.45) is 0 Å². The Bertz CT molecular complexity index is 891. The van der Waals surface area contributed by atoms with Crippen LogP contribution in [0.4, 0.5) is 5.69 Å². The molecule has 0 spiro atoms. The molecule has 146 valence electrons. The molecule has 5 nitrogen and oxygen atoms in total. The number of rotatable bonds is 9. The van der Waals surface area contributed by atoms with E-state index in [9.17, 15) is 4.79 Å². The summed E-state index contributed by atoms with van der Waals surface area (Å²) in [6.45, 7) is 5.09. The van der Waals surface area contributed by atoms with Crippen LogP contribution in [-0.2, 0) is 24.2 Å². The van der Waals surface area contributed by atoms with E-state index in [0.717, 1.165) is 42.5 Å². The molecule has 3 aromatic rings. The summed E-state index contributed by atoms with van der Waals surface area (Å²) in [5, 5.41) is 12.4. The molecule has 0 fully saturated rings. The van der Waals surface area contributed by atoms with Gasteiger partial charge in [-0.25, -0.2) is 0 Å². The van der Waals surface area contributed by atoms with Gasteiger partial charge in [0.15, 0.2) is 5.16 Å². The zero-order valence-corrected chi connectivity index (χ0v) is 17.2. The molecule has 28 heavy (non-hydrogen) atoms. The van der Waals surface area contributed by atoms with E-state index < -0.39 is 0 Å². The molecule has 0 aliphatic carbocycles. The number of anilines is 1. The maximum Gasteiger partial charge on any atom is 0.234 e. The quantitative estimate of drug-likeness (QED) is 0.540. The number of hydrogen-bond donors (Lipinski definition) is 1. The first kappa shape index (κ1) is 20.1. The van der Waals surface area contributed by atoms with Crippen LogP contribution in [-0.4, -0.2) is 26.4 Å². The van der Waals surface area contributed by atoms with Gasteiger partial charge in [0, 0.05) is 18.7 Å². The lowest BCUT2D eigenvalue weighted by Crippen LogP contribution is -2.15. The molecule has 6 heteroatoms. The van der Waals surface area contributed by atoms with E-state index >= 15 is 0 Å². The van der Waals surface area contributed by atoms with Gasteiger partial charge in [0.25, 0.3) is 0 Å². The van der Waals surface area contributed by atoms with E-state index in [1.807, 2.05) is 42.5 Å². The van der Waals surface area contributed by atoms with Gasteiger partial charge < -0.3 is 9.88 Å². The van der Waals surface area contributed by atoms with Gasteiger partial charge in [0.1, 0.15) is 5.82 Å². The maximum absolute atomic E-state index is 12.3. The molecule has 1 aromatic heterocycles. The summed E-state index contributed by atoms with van der Waals surface area (Å²) in [6.07, 6.45) is 2.72. The highest BCUT2D eigenvalue weighted by molar-refractivity contribution is 7.99. The molecule has 0 saturated heterocycles. The molecule has 1 heterocycles. The minimum absolute atomic E-state index is 0.0371. The van der Waals surface area contributed by atoms with E-state index in [-0.39, 0.29) is 5.91 Å². The summed E-state index contributed by atoms with van der Waals surface area (Å²) in [6, 6.07) is 18.2. The molecule has 0 aliphatic rings. The number of benzene rings is 2. The number of amides is 1. The van der Waals surface area contributed by atoms with Gasteiger partial charge in [-0.2, -0.15) is 0 Å². The zero-order chi connectivity index (χ0) is 19.8. The number of hydrogen-bond acceptors (Lipinski definition) is 4. The van der Waals surface area contributed by atoms with Crippen LogP contribution in [0.25, 0.3) is 0 Å². The summed E-state index contributed by atoms with van der Waals surface area (Å²) >= 11 is 1.43. The lowest BCUT2D eigenvalue weighted by atomic mass is 10.1. The number of aromatic nitrogens is 3. The van der Waals surface area contributed by atoms with Crippen molar-refractivity contribution in [3.63, 3.8) is 0 Å². The van der Waals surface area contributed by atoms with Crippen LogP contribution in [0.2, 0.25) is 0 Å². The van der Waals surface area contributed by atoms with Crippen LogP contribution >= 0.6 is 11.8 Å². The smallest absolute Gasteiger partial charge is 0.234 e. The normalized spacial score (nSPS) is 10.8. The first-order valence-corrected chi connectivity index (χ1v) is 10.7. The van der Waals surface area contributed by atoms with E-state index in [1.165, 1.54) is 22.9 Å². The predicted octanol–water partition coefficient (Wildman–Crippen LogP) is 4.57. The van der Waals surface area contributed by atoms with Crippen molar-refractivity contribution in [3.05, 3.63) is 71.5 Å². The van der Waals surface area contributed by atoms with Crippen molar-refractivity contribution in [1.29, 1.82) is 0 Å². The molecule has 0 aliphatic heterocycles. The minimum Gasteiger partial charge on any atom is -0.325 e. The van der Waals surface area contributed by atoms with Gasteiger partial charge in [-0.05, 0) is 36.1 Å². The third kappa shape index (κ3) is 5.45. The zero-order valence-electron chi connectivity index (χ0n) is 16.4. The Morgan fingerprint density at radius 1 is 1.00 bits per heavy atom. The van der Waals surface area contributed by atoms with Crippen LogP contribution in [0, 0.1) is 0 Å². The largest absolute Gasteiger partial charge is 0.325 e. The van der Waals surface area contributed by atoms with Crippen molar-refractivity contribution < 1.29 is 4.79 Å². The Morgan fingerprint density at radius 3 is 2.43 bits per heavy atom. The molecule has 0 atom stereocenters. The molecule has 1 N–H and O–H groups in total. The third-order valence-corrected chi connectivity index (χ3v) is 5.39. The summed E-state index contributed by atoms with van der Waals surface area (Å²) < 4.78 is 2.13. The monoisotopic (exact) mass is 394 g/mol. The molecule has 0 radical (unpaired) electrons. The number of nitrogens with zero attached hydrogens (tertiary/aromatic N) is 3. The van der Waals surface area contributed by atoms with Crippen LogP contribution in [0.1, 0.15) is 37.2 Å². The first-order valence-electron chi connectivity index (χ1n) is 9.67. The van der Waals surface area contributed by atoms with Crippen LogP contribution in [0.15, 0.2) is 59.8 Å².